The zero-order valence-corrected chi connectivity index (χ0v) is 13.7. The van der Waals surface area contributed by atoms with E-state index < -0.39 is 9.84 Å². The SMILES string of the molecule is CN(CCS(C)(=O)=O)CC(C)(C)C(N)c1ccccc1. The molecule has 5 heteroatoms. The molecule has 0 aromatic heterocycles. The molecule has 0 amide bonds. The van der Waals surface area contributed by atoms with Crippen molar-refractivity contribution >= 4 is 9.84 Å². The minimum atomic E-state index is -2.92. The van der Waals surface area contributed by atoms with Crippen molar-refractivity contribution in [1.82, 2.24) is 4.90 Å². The van der Waals surface area contributed by atoms with Gasteiger partial charge in [0.25, 0.3) is 0 Å². The summed E-state index contributed by atoms with van der Waals surface area (Å²) in [6, 6.07) is 9.93. The maximum Gasteiger partial charge on any atom is 0.148 e. The lowest BCUT2D eigenvalue weighted by molar-refractivity contribution is 0.183. The third-order valence-corrected chi connectivity index (χ3v) is 4.45. The van der Waals surface area contributed by atoms with Crippen LogP contribution < -0.4 is 5.73 Å². The first-order chi connectivity index (χ1) is 9.12. The average Bonchev–Trinajstić information content (AvgIpc) is 2.35. The molecule has 0 spiro atoms. The third kappa shape index (κ3) is 5.61. The van der Waals surface area contributed by atoms with Gasteiger partial charge in [-0.2, -0.15) is 0 Å². The summed E-state index contributed by atoms with van der Waals surface area (Å²) < 4.78 is 22.4. The Morgan fingerprint density at radius 3 is 2.30 bits per heavy atom. The van der Waals surface area contributed by atoms with Gasteiger partial charge in [-0.15, -0.1) is 0 Å². The van der Waals surface area contributed by atoms with Crippen LogP contribution in [0.15, 0.2) is 30.3 Å². The van der Waals surface area contributed by atoms with Crippen molar-refractivity contribution in [3.05, 3.63) is 35.9 Å². The molecule has 0 aliphatic rings. The van der Waals surface area contributed by atoms with E-state index in [1.165, 1.54) is 6.26 Å². The highest BCUT2D eigenvalue weighted by Crippen LogP contribution is 2.31. The van der Waals surface area contributed by atoms with E-state index in [-0.39, 0.29) is 17.2 Å². The molecule has 0 bridgehead atoms. The van der Waals surface area contributed by atoms with E-state index in [9.17, 15) is 8.42 Å². The summed E-state index contributed by atoms with van der Waals surface area (Å²) in [5.74, 6) is 0.181. The van der Waals surface area contributed by atoms with Gasteiger partial charge in [0.2, 0.25) is 0 Å². The Kier molecular flexibility index (Phi) is 5.74. The van der Waals surface area contributed by atoms with Crippen LogP contribution in [0.25, 0.3) is 0 Å². The second kappa shape index (κ2) is 6.70. The summed E-state index contributed by atoms with van der Waals surface area (Å²) in [6.07, 6.45) is 1.27. The van der Waals surface area contributed by atoms with Crippen molar-refractivity contribution in [2.45, 2.75) is 19.9 Å². The molecule has 1 aromatic carbocycles. The number of nitrogens with two attached hydrogens (primary N) is 1. The molecule has 2 N–H and O–H groups in total. The topological polar surface area (TPSA) is 63.4 Å². The van der Waals surface area contributed by atoms with Gasteiger partial charge in [0, 0.05) is 25.4 Å². The number of sulfone groups is 1. The number of hydrogen-bond donors (Lipinski definition) is 1. The Hall–Kier alpha value is -0.910. The van der Waals surface area contributed by atoms with Crippen LogP contribution in [0.4, 0.5) is 0 Å². The molecule has 0 heterocycles. The fraction of sp³-hybridized carbons (Fsp3) is 0.600. The summed E-state index contributed by atoms with van der Waals surface area (Å²) in [5.41, 5.74) is 7.33. The van der Waals surface area contributed by atoms with Gasteiger partial charge in [0.1, 0.15) is 9.84 Å². The van der Waals surface area contributed by atoms with Crippen LogP contribution in [-0.4, -0.2) is 45.5 Å². The van der Waals surface area contributed by atoms with Gasteiger partial charge in [-0.3, -0.25) is 0 Å². The van der Waals surface area contributed by atoms with Gasteiger partial charge < -0.3 is 10.6 Å². The van der Waals surface area contributed by atoms with E-state index in [4.69, 9.17) is 5.73 Å². The molecule has 20 heavy (non-hydrogen) atoms. The third-order valence-electron chi connectivity index (χ3n) is 3.52. The van der Waals surface area contributed by atoms with E-state index in [1.54, 1.807) is 0 Å². The molecular weight excluding hydrogens is 272 g/mol. The number of rotatable bonds is 7. The first kappa shape index (κ1) is 17.1. The Bertz CT molecular complexity index is 512. The van der Waals surface area contributed by atoms with Crippen molar-refractivity contribution in [1.29, 1.82) is 0 Å². The van der Waals surface area contributed by atoms with Gasteiger partial charge >= 0.3 is 0 Å². The van der Waals surface area contributed by atoms with Crippen molar-refractivity contribution in [2.24, 2.45) is 11.1 Å². The maximum atomic E-state index is 11.2. The van der Waals surface area contributed by atoms with E-state index in [0.29, 0.717) is 6.54 Å². The lowest BCUT2D eigenvalue weighted by Crippen LogP contribution is -2.40. The lowest BCUT2D eigenvalue weighted by Gasteiger charge is -2.35. The van der Waals surface area contributed by atoms with E-state index in [0.717, 1.165) is 12.1 Å². The normalized spacial score (nSPS) is 14.5. The van der Waals surface area contributed by atoms with Gasteiger partial charge in [-0.1, -0.05) is 44.2 Å². The highest BCUT2D eigenvalue weighted by atomic mass is 32.2. The molecule has 1 unspecified atom stereocenters. The van der Waals surface area contributed by atoms with Gasteiger partial charge in [-0.25, -0.2) is 8.42 Å². The van der Waals surface area contributed by atoms with E-state index in [2.05, 4.69) is 13.8 Å². The number of hydrogen-bond acceptors (Lipinski definition) is 4. The summed E-state index contributed by atoms with van der Waals surface area (Å²) in [4.78, 5) is 2.03. The first-order valence-corrected chi connectivity index (χ1v) is 8.85. The zero-order chi connectivity index (χ0) is 15.4. The van der Waals surface area contributed by atoms with Crippen LogP contribution in [0.2, 0.25) is 0 Å². The molecule has 0 saturated carbocycles. The van der Waals surface area contributed by atoms with Crippen LogP contribution in [-0.2, 0) is 9.84 Å². The fourth-order valence-corrected chi connectivity index (χ4v) is 2.95. The quantitative estimate of drug-likeness (QED) is 0.832. The molecule has 0 saturated heterocycles. The summed E-state index contributed by atoms with van der Waals surface area (Å²) in [6.45, 7) is 5.51. The fourth-order valence-electron chi connectivity index (χ4n) is 2.31. The van der Waals surface area contributed by atoms with E-state index >= 15 is 0 Å². The highest BCUT2D eigenvalue weighted by molar-refractivity contribution is 7.90. The highest BCUT2D eigenvalue weighted by Gasteiger charge is 2.29. The monoisotopic (exact) mass is 298 g/mol. The molecule has 1 rings (SSSR count). The molecule has 4 nitrogen and oxygen atoms in total. The van der Waals surface area contributed by atoms with Crippen LogP contribution in [0.5, 0.6) is 0 Å². The predicted octanol–water partition coefficient (Wildman–Crippen LogP) is 1.69. The molecule has 0 aliphatic heterocycles. The Morgan fingerprint density at radius 2 is 1.80 bits per heavy atom. The molecule has 0 aliphatic carbocycles. The van der Waals surface area contributed by atoms with Crippen LogP contribution in [0.1, 0.15) is 25.5 Å². The van der Waals surface area contributed by atoms with Crippen LogP contribution in [0.3, 0.4) is 0 Å². The maximum absolute atomic E-state index is 11.2. The van der Waals surface area contributed by atoms with Gasteiger partial charge in [-0.05, 0) is 18.0 Å². The molecule has 0 radical (unpaired) electrons. The minimum Gasteiger partial charge on any atom is -0.323 e. The van der Waals surface area contributed by atoms with Crippen LogP contribution >= 0.6 is 0 Å². The molecular formula is C15H26N2O2S. The Balaban J connectivity index is 2.64. The van der Waals surface area contributed by atoms with Gasteiger partial charge in [0.05, 0.1) is 5.75 Å². The van der Waals surface area contributed by atoms with Crippen LogP contribution in [0, 0.1) is 5.41 Å². The van der Waals surface area contributed by atoms with Crippen molar-refractivity contribution in [3.8, 4) is 0 Å². The Labute approximate surface area is 122 Å². The summed E-state index contributed by atoms with van der Waals surface area (Å²) in [5, 5.41) is 0. The summed E-state index contributed by atoms with van der Waals surface area (Å²) in [7, 11) is -0.985. The van der Waals surface area contributed by atoms with Gasteiger partial charge in [0.15, 0.2) is 0 Å². The summed E-state index contributed by atoms with van der Waals surface area (Å²) >= 11 is 0. The van der Waals surface area contributed by atoms with Crippen molar-refractivity contribution < 1.29 is 8.42 Å². The lowest BCUT2D eigenvalue weighted by atomic mass is 9.80. The largest absolute Gasteiger partial charge is 0.323 e. The minimum absolute atomic E-state index is 0.0793. The van der Waals surface area contributed by atoms with Crippen molar-refractivity contribution in [3.63, 3.8) is 0 Å². The molecule has 1 aromatic rings. The van der Waals surface area contributed by atoms with E-state index in [1.807, 2.05) is 42.3 Å². The smallest absolute Gasteiger partial charge is 0.148 e. The average molecular weight is 298 g/mol. The zero-order valence-electron chi connectivity index (χ0n) is 12.8. The van der Waals surface area contributed by atoms with Crippen molar-refractivity contribution in [2.75, 3.05) is 32.1 Å². The molecule has 1 atom stereocenters. The first-order valence-electron chi connectivity index (χ1n) is 6.78. The number of nitrogens with zero attached hydrogens (tertiary/aromatic N) is 1. The molecule has 0 fully saturated rings. The second-order valence-corrected chi connectivity index (χ2v) is 8.50. The molecule has 114 valence electrons. The number of benzene rings is 1. The predicted molar refractivity (Wildman–Crippen MR) is 84.4 cm³/mol. The second-order valence-electron chi connectivity index (χ2n) is 6.24. The standard InChI is InChI=1S/C15H26N2O2S/c1-15(2,12-17(3)10-11-20(4,18)19)14(16)13-8-6-5-7-9-13/h5-9,14H,10-12,16H2,1-4H3. The Morgan fingerprint density at radius 1 is 1.25 bits per heavy atom.